The van der Waals surface area contributed by atoms with E-state index in [2.05, 4.69) is 55.1 Å². The monoisotopic (exact) mass is 1330 g/mol. The third kappa shape index (κ3) is 18.7. The van der Waals surface area contributed by atoms with Gasteiger partial charge in [-0.2, -0.15) is 5.10 Å². The molecule has 0 radical (unpaired) electrons. The molecule has 21 nitrogen and oxygen atoms in total. The fourth-order valence-electron chi connectivity index (χ4n) is 9.79. The first-order valence-electron chi connectivity index (χ1n) is 29.8. The highest BCUT2D eigenvalue weighted by atomic mass is 35.5. The maximum atomic E-state index is 13.5. The van der Waals surface area contributed by atoms with Gasteiger partial charge in [0.2, 0.25) is 11.8 Å². The van der Waals surface area contributed by atoms with Gasteiger partial charge in [-0.25, -0.2) is 32.1 Å². The van der Waals surface area contributed by atoms with Crippen LogP contribution in [0.5, 0.6) is 23.3 Å². The van der Waals surface area contributed by atoms with Crippen LogP contribution in [-0.4, -0.2) is 117 Å². The Labute approximate surface area is 545 Å². The lowest BCUT2D eigenvalue weighted by Gasteiger charge is -2.19. The van der Waals surface area contributed by atoms with E-state index in [-0.39, 0.29) is 52.1 Å². The number of aromatic hydroxyl groups is 1. The number of oxime groups is 1. The van der Waals surface area contributed by atoms with Gasteiger partial charge in [0, 0.05) is 47.5 Å². The molecule has 0 fully saturated rings. The van der Waals surface area contributed by atoms with Gasteiger partial charge in [-0.05, 0) is 151 Å². The minimum absolute atomic E-state index is 0.0493. The summed E-state index contributed by atoms with van der Waals surface area (Å²) < 4.78 is 56.3. The van der Waals surface area contributed by atoms with Crippen molar-refractivity contribution < 1.29 is 66.3 Å². The van der Waals surface area contributed by atoms with E-state index >= 15 is 0 Å². The molecule has 5 heterocycles. The summed E-state index contributed by atoms with van der Waals surface area (Å²) in [5.74, 6) is -1.28. The van der Waals surface area contributed by atoms with Crippen molar-refractivity contribution in [1.82, 2.24) is 24.1 Å². The molecule has 0 amide bonds. The van der Waals surface area contributed by atoms with Crippen molar-refractivity contribution in [1.29, 1.82) is 0 Å². The number of halogens is 3. The van der Waals surface area contributed by atoms with E-state index in [1.54, 1.807) is 40.7 Å². The lowest BCUT2D eigenvalue weighted by atomic mass is 9.91. The van der Waals surface area contributed by atoms with Gasteiger partial charge in [-0.3, -0.25) is 19.4 Å². The number of benzene rings is 4. The first-order valence-corrected chi connectivity index (χ1v) is 32.8. The van der Waals surface area contributed by atoms with Crippen molar-refractivity contribution in [2.75, 3.05) is 32.7 Å². The van der Waals surface area contributed by atoms with Gasteiger partial charge in [0.05, 0.1) is 64.7 Å². The minimum atomic E-state index is -3.52. The molecule has 0 aliphatic carbocycles. The number of fused-ring (bicyclic) bond motifs is 2. The molecule has 3 aromatic heterocycles. The highest BCUT2D eigenvalue weighted by Crippen LogP contribution is 2.37. The van der Waals surface area contributed by atoms with Gasteiger partial charge in [0.25, 0.3) is 5.56 Å². The number of carboxylic acids is 1. The van der Waals surface area contributed by atoms with Crippen LogP contribution in [0.3, 0.4) is 0 Å². The Morgan fingerprint density at radius 2 is 1.49 bits per heavy atom. The number of aromatic nitrogens is 5. The first-order chi connectivity index (χ1) is 43.0. The molecule has 2 N–H and O–H groups in total. The van der Waals surface area contributed by atoms with Gasteiger partial charge in [0.15, 0.2) is 28.3 Å². The number of carbonyl (C=O) groups excluding carboxylic acids is 3. The number of carboxylic acid groups (broad SMARTS) is 1. The van der Waals surface area contributed by atoms with E-state index in [1.807, 2.05) is 39.8 Å². The quantitative estimate of drug-likeness (QED) is 0.0433. The minimum Gasteiger partial charge on any atom is -0.493 e. The third-order valence-corrected chi connectivity index (χ3v) is 16.6. The number of pyridine rings is 1. The van der Waals surface area contributed by atoms with Gasteiger partial charge < -0.3 is 38.7 Å². The largest absolute Gasteiger partial charge is 0.493 e. The fourth-order valence-corrected chi connectivity index (χ4v) is 11.4. The molecular weight excluding hydrogens is 1260 g/mol. The van der Waals surface area contributed by atoms with Crippen LogP contribution in [0.15, 0.2) is 94.0 Å². The lowest BCUT2D eigenvalue weighted by Crippen LogP contribution is -2.27. The standard InChI is InChI=1S/C23H32N2O4.C18H22ClNO3.C16H17N3O5S.C9H8Cl2O3/c1-7-16-13-15(3)14-17(8-2)18(16)19-20(26)24-9-11-28-12-10-25(24)21(19)29-22(27)23(4,5)6;1-3-4-5-7-13(2)23-17(21)12-22-16-10-9-15(19)14-8-6-11-20-18(14)16;1-9-10(15(20)11-8-17-19(2)16(11)21)4-5-13(25(3,22)23)14(9)12-6-7-24-18-12;1-5(9(12)13)14-8-3-2-6(10)4-7(8)11/h13-14H,7-12H2,1-6H3;6,8-11,13H,3-5,7,12H2,1-2H3;4-5,8,21H,6-7H2,1-3H3;2-5H,1H3,(H,12,13). The molecule has 25 heteroatoms. The molecule has 91 heavy (non-hydrogen) atoms. The van der Waals surface area contributed by atoms with E-state index in [0.717, 1.165) is 66.9 Å². The van der Waals surface area contributed by atoms with Crippen molar-refractivity contribution in [3.63, 3.8) is 0 Å². The molecule has 2 aliphatic rings. The van der Waals surface area contributed by atoms with E-state index in [4.69, 9.17) is 68.4 Å². The zero-order chi connectivity index (χ0) is 67.1. The summed E-state index contributed by atoms with van der Waals surface area (Å²) in [5.41, 5.74) is 6.30. The van der Waals surface area contributed by atoms with Crippen LogP contribution in [0.25, 0.3) is 22.0 Å². The third-order valence-electron chi connectivity index (χ3n) is 14.6. The van der Waals surface area contributed by atoms with Crippen molar-refractivity contribution in [2.45, 2.75) is 144 Å². The second kappa shape index (κ2) is 32.5. The fraction of sp³-hybridized carbons (Fsp3) is 0.424. The van der Waals surface area contributed by atoms with E-state index < -0.39 is 33.1 Å². The summed E-state index contributed by atoms with van der Waals surface area (Å²) in [7, 11) is -2.00. The van der Waals surface area contributed by atoms with Crippen LogP contribution in [0.1, 0.15) is 131 Å². The number of sulfone groups is 1. The number of hydrogen-bond donors (Lipinski definition) is 2. The Balaban J connectivity index is 0.000000198. The Bertz CT molecular complexity index is 3960. The summed E-state index contributed by atoms with van der Waals surface area (Å²) in [4.78, 5) is 70.8. The molecular formula is C66H79Cl3N6O15S. The number of carbonyl (C=O) groups is 4. The molecule has 0 saturated heterocycles. The molecule has 0 spiro atoms. The smallest absolute Gasteiger partial charge is 0.344 e. The number of ketones is 1. The summed E-state index contributed by atoms with van der Waals surface area (Å²) >= 11 is 17.6. The van der Waals surface area contributed by atoms with Gasteiger partial charge in [0.1, 0.15) is 34.7 Å². The number of aliphatic carboxylic acids is 1. The Hall–Kier alpha value is -7.76. The van der Waals surface area contributed by atoms with Crippen molar-refractivity contribution in [2.24, 2.45) is 17.6 Å². The topological polar surface area (TPSA) is 268 Å². The van der Waals surface area contributed by atoms with E-state index in [0.29, 0.717) is 99.7 Å². The van der Waals surface area contributed by atoms with Crippen molar-refractivity contribution in [3.8, 4) is 34.4 Å². The number of hydrogen-bond acceptors (Lipinski definition) is 17. The Kier molecular flexibility index (Phi) is 25.8. The molecule has 0 bridgehead atoms. The molecule has 2 atom stereocenters. The number of esters is 2. The normalized spacial score (nSPS) is 13.5. The maximum absolute atomic E-state index is 13.5. The maximum Gasteiger partial charge on any atom is 0.344 e. The van der Waals surface area contributed by atoms with Crippen LogP contribution in [-0.2, 0) is 71.5 Å². The first kappa shape index (κ1) is 72.3. The average molecular weight is 1330 g/mol. The SMILES string of the molecule is CC(Oc1ccc(Cl)cc1Cl)C(=O)O.CCCCCC(C)OC(=O)COc1ccc(Cl)c2cccnc12.CCc1cc(C)cc(CC)c1-c1c(OC(=O)C(C)(C)C)n2n(c1=O)CCOCC2.Cc1c(C(=O)c2cnn(C)c2O)ccc(S(C)(=O)=O)c1C1=NOCC1. The number of unbranched alkanes of at least 4 members (excludes halogenated alkanes) is 2. The molecule has 0 saturated carbocycles. The predicted octanol–water partition coefficient (Wildman–Crippen LogP) is 12.5. The number of rotatable bonds is 19. The molecule has 7 aromatic rings. The highest BCUT2D eigenvalue weighted by molar-refractivity contribution is 7.90. The molecule has 2 unspecified atom stereocenters. The highest BCUT2D eigenvalue weighted by Gasteiger charge is 2.33. The molecule has 4 aromatic carbocycles. The number of ether oxygens (including phenoxy) is 5. The van der Waals surface area contributed by atoms with Crippen molar-refractivity contribution >= 4 is 84.9 Å². The van der Waals surface area contributed by atoms with Gasteiger partial charge >= 0.3 is 17.9 Å². The zero-order valence-corrected chi connectivity index (χ0v) is 56.4. The van der Waals surface area contributed by atoms with E-state index in [9.17, 15) is 37.5 Å². The van der Waals surface area contributed by atoms with Crippen LogP contribution in [0, 0.1) is 19.3 Å². The zero-order valence-electron chi connectivity index (χ0n) is 53.3. The predicted molar refractivity (Wildman–Crippen MR) is 349 cm³/mol. The molecule has 2 aliphatic heterocycles. The second-order valence-electron chi connectivity index (χ2n) is 22.7. The molecule has 490 valence electrons. The lowest BCUT2D eigenvalue weighted by molar-refractivity contribution is -0.151. The van der Waals surface area contributed by atoms with E-state index in [1.165, 1.54) is 54.7 Å². The summed E-state index contributed by atoms with van der Waals surface area (Å²) in [6.45, 7) is 20.9. The average Bonchev–Trinajstić information content (AvgIpc) is 1.67. The number of nitrogens with zero attached hydrogens (tertiary/aromatic N) is 6. The van der Waals surface area contributed by atoms with Crippen LogP contribution in [0.4, 0.5) is 0 Å². The Morgan fingerprint density at radius 3 is 2.08 bits per heavy atom. The summed E-state index contributed by atoms with van der Waals surface area (Å²) in [6.07, 6.45) is 9.33. The summed E-state index contributed by atoms with van der Waals surface area (Å²) in [6, 6.07) is 18.8. The van der Waals surface area contributed by atoms with Gasteiger partial charge in [-0.1, -0.05) is 91.3 Å². The Morgan fingerprint density at radius 1 is 0.824 bits per heavy atom. The molecule has 9 rings (SSSR count). The second-order valence-corrected chi connectivity index (χ2v) is 25.9. The van der Waals surface area contributed by atoms with Crippen LogP contribution >= 0.6 is 34.8 Å². The number of aryl methyl sites for hydroxylation is 4. The van der Waals surface area contributed by atoms with Crippen LogP contribution in [0.2, 0.25) is 15.1 Å². The van der Waals surface area contributed by atoms with Gasteiger partial charge in [-0.15, -0.1) is 0 Å². The summed E-state index contributed by atoms with van der Waals surface area (Å²) in [5, 5.41) is 28.5. The van der Waals surface area contributed by atoms with Crippen LogP contribution < -0.4 is 19.8 Å². The van der Waals surface area contributed by atoms with Crippen molar-refractivity contribution in [3.05, 3.63) is 143 Å².